The Kier molecular flexibility index (Phi) is 6.08. The summed E-state index contributed by atoms with van der Waals surface area (Å²) in [6, 6.07) is 11.9. The first kappa shape index (κ1) is 22.3. The molecule has 0 saturated carbocycles. The van der Waals surface area contributed by atoms with Gasteiger partial charge in [-0.25, -0.2) is 4.39 Å². The SMILES string of the molecule is CC1=C2c3ccc(C4=CCN(C(C)C)CC4)cc3C(Nc3cc(Cl)ccc3F)CCN2NN1. The number of nitrogens with zero attached hydrogens (tertiary/aromatic N) is 2. The molecular weight excluding hydrogens is 437 g/mol. The van der Waals surface area contributed by atoms with E-state index < -0.39 is 0 Å². The Morgan fingerprint density at radius 3 is 2.76 bits per heavy atom. The fourth-order valence-corrected chi connectivity index (χ4v) is 5.20. The number of hydrogen-bond donors (Lipinski definition) is 3. The van der Waals surface area contributed by atoms with Crippen LogP contribution in [-0.2, 0) is 0 Å². The highest BCUT2D eigenvalue weighted by Gasteiger charge is 2.31. The van der Waals surface area contributed by atoms with Gasteiger partial charge >= 0.3 is 0 Å². The molecule has 2 aromatic carbocycles. The molecule has 1 atom stereocenters. The van der Waals surface area contributed by atoms with Crippen molar-refractivity contribution in [3.8, 4) is 0 Å². The van der Waals surface area contributed by atoms with Crippen LogP contribution in [0.1, 0.15) is 56.3 Å². The van der Waals surface area contributed by atoms with Crippen molar-refractivity contribution in [2.75, 3.05) is 25.0 Å². The van der Waals surface area contributed by atoms with Crippen LogP contribution in [-0.4, -0.2) is 35.6 Å². The Morgan fingerprint density at radius 2 is 2.00 bits per heavy atom. The summed E-state index contributed by atoms with van der Waals surface area (Å²) in [6.07, 6.45) is 4.21. The molecule has 0 amide bonds. The maximum absolute atomic E-state index is 14.6. The first-order valence-corrected chi connectivity index (χ1v) is 12.1. The minimum absolute atomic E-state index is 0.0445. The van der Waals surface area contributed by atoms with E-state index in [1.54, 1.807) is 12.1 Å². The molecule has 7 heteroatoms. The van der Waals surface area contributed by atoms with Gasteiger partial charge in [-0.1, -0.05) is 29.8 Å². The number of halogens is 2. The van der Waals surface area contributed by atoms with Gasteiger partial charge < -0.3 is 10.7 Å². The second kappa shape index (κ2) is 9.01. The molecule has 0 spiro atoms. The van der Waals surface area contributed by atoms with Crippen molar-refractivity contribution < 1.29 is 4.39 Å². The molecule has 0 radical (unpaired) electrons. The third-order valence-corrected chi connectivity index (χ3v) is 7.16. The zero-order valence-electron chi connectivity index (χ0n) is 19.4. The Balaban J connectivity index is 1.55. The average molecular weight is 468 g/mol. The van der Waals surface area contributed by atoms with Crippen LogP contribution in [0.5, 0.6) is 0 Å². The molecule has 3 heterocycles. The van der Waals surface area contributed by atoms with Gasteiger partial charge in [-0.3, -0.25) is 9.91 Å². The van der Waals surface area contributed by atoms with Crippen LogP contribution in [0.3, 0.4) is 0 Å². The van der Waals surface area contributed by atoms with Crippen molar-refractivity contribution in [3.05, 3.63) is 75.7 Å². The molecule has 33 heavy (non-hydrogen) atoms. The Bertz CT molecular complexity index is 1130. The van der Waals surface area contributed by atoms with Crippen molar-refractivity contribution in [1.29, 1.82) is 0 Å². The summed E-state index contributed by atoms with van der Waals surface area (Å²) in [5.41, 5.74) is 14.2. The van der Waals surface area contributed by atoms with E-state index in [1.807, 2.05) is 0 Å². The summed E-state index contributed by atoms with van der Waals surface area (Å²) in [4.78, 5) is 2.49. The number of benzene rings is 2. The van der Waals surface area contributed by atoms with Gasteiger partial charge in [0.1, 0.15) is 5.82 Å². The number of rotatable bonds is 4. The van der Waals surface area contributed by atoms with Gasteiger partial charge in [-0.15, -0.1) is 5.53 Å². The summed E-state index contributed by atoms with van der Waals surface area (Å²) < 4.78 is 14.6. The smallest absolute Gasteiger partial charge is 0.146 e. The molecule has 0 aliphatic carbocycles. The average Bonchev–Trinajstić information content (AvgIpc) is 3.10. The normalized spacial score (nSPS) is 20.8. The zero-order valence-corrected chi connectivity index (χ0v) is 20.1. The molecule has 0 aromatic heterocycles. The third-order valence-electron chi connectivity index (χ3n) is 6.93. The van der Waals surface area contributed by atoms with Crippen LogP contribution in [0.25, 0.3) is 11.3 Å². The predicted octanol–water partition coefficient (Wildman–Crippen LogP) is 5.55. The summed E-state index contributed by atoms with van der Waals surface area (Å²) in [5.74, 6) is -0.291. The molecule has 2 aromatic rings. The minimum Gasteiger partial charge on any atom is -0.376 e. The maximum atomic E-state index is 14.6. The molecule has 3 N–H and O–H groups in total. The van der Waals surface area contributed by atoms with E-state index in [-0.39, 0.29) is 11.9 Å². The molecule has 174 valence electrons. The fourth-order valence-electron chi connectivity index (χ4n) is 5.03. The fraction of sp³-hybridized carbons (Fsp3) is 0.385. The molecule has 5 rings (SSSR count). The number of allylic oxidation sites excluding steroid dienone is 1. The van der Waals surface area contributed by atoms with E-state index in [9.17, 15) is 4.39 Å². The lowest BCUT2D eigenvalue weighted by atomic mass is 9.90. The van der Waals surface area contributed by atoms with E-state index in [4.69, 9.17) is 11.6 Å². The minimum atomic E-state index is -0.291. The lowest BCUT2D eigenvalue weighted by Gasteiger charge is -2.30. The van der Waals surface area contributed by atoms with Crippen LogP contribution in [0, 0.1) is 5.82 Å². The van der Waals surface area contributed by atoms with E-state index in [2.05, 4.69) is 71.2 Å². The number of fused-ring (bicyclic) bond motifs is 3. The van der Waals surface area contributed by atoms with Crippen LogP contribution in [0.2, 0.25) is 5.02 Å². The van der Waals surface area contributed by atoms with E-state index in [0.29, 0.717) is 16.8 Å². The molecule has 5 nitrogen and oxygen atoms in total. The molecule has 3 aliphatic heterocycles. The second-order valence-electron chi connectivity index (χ2n) is 9.34. The molecule has 0 bridgehead atoms. The van der Waals surface area contributed by atoms with Crippen LogP contribution in [0.4, 0.5) is 10.1 Å². The van der Waals surface area contributed by atoms with Gasteiger partial charge in [0.25, 0.3) is 0 Å². The highest BCUT2D eigenvalue weighted by Crippen LogP contribution is 2.39. The Morgan fingerprint density at radius 1 is 1.15 bits per heavy atom. The second-order valence-corrected chi connectivity index (χ2v) is 9.78. The van der Waals surface area contributed by atoms with Crippen molar-refractivity contribution in [2.45, 2.75) is 45.7 Å². The number of nitrogens with one attached hydrogen (secondary N) is 3. The Labute approximate surface area is 200 Å². The summed E-state index contributed by atoms with van der Waals surface area (Å²) in [5, 5.41) is 6.12. The van der Waals surface area contributed by atoms with Gasteiger partial charge in [-0.05, 0) is 74.6 Å². The van der Waals surface area contributed by atoms with E-state index in [0.717, 1.165) is 49.4 Å². The largest absolute Gasteiger partial charge is 0.376 e. The summed E-state index contributed by atoms with van der Waals surface area (Å²) >= 11 is 6.17. The number of hydrazine groups is 2. The first-order chi connectivity index (χ1) is 15.9. The monoisotopic (exact) mass is 467 g/mol. The van der Waals surface area contributed by atoms with E-state index >= 15 is 0 Å². The lowest BCUT2D eigenvalue weighted by Crippen LogP contribution is -2.38. The highest BCUT2D eigenvalue weighted by molar-refractivity contribution is 6.30. The predicted molar refractivity (Wildman–Crippen MR) is 134 cm³/mol. The molecule has 0 fully saturated rings. The van der Waals surface area contributed by atoms with Crippen molar-refractivity contribution in [3.63, 3.8) is 0 Å². The number of anilines is 1. The van der Waals surface area contributed by atoms with Crippen molar-refractivity contribution in [1.82, 2.24) is 20.9 Å². The third kappa shape index (κ3) is 4.35. The number of hydrogen-bond acceptors (Lipinski definition) is 5. The van der Waals surface area contributed by atoms with Crippen LogP contribution >= 0.6 is 11.6 Å². The maximum Gasteiger partial charge on any atom is 0.146 e. The van der Waals surface area contributed by atoms with Crippen LogP contribution in [0.15, 0.2) is 48.2 Å². The van der Waals surface area contributed by atoms with E-state index in [1.165, 1.54) is 22.8 Å². The van der Waals surface area contributed by atoms with Crippen LogP contribution < -0.4 is 16.3 Å². The highest BCUT2D eigenvalue weighted by atomic mass is 35.5. The van der Waals surface area contributed by atoms with Crippen molar-refractivity contribution >= 4 is 28.6 Å². The summed E-state index contributed by atoms with van der Waals surface area (Å²) in [6.45, 7) is 9.41. The van der Waals surface area contributed by atoms with Gasteiger partial charge in [-0.2, -0.15) is 0 Å². The zero-order chi connectivity index (χ0) is 23.1. The van der Waals surface area contributed by atoms with Gasteiger partial charge in [0.05, 0.1) is 23.1 Å². The van der Waals surface area contributed by atoms with Gasteiger partial charge in [0.15, 0.2) is 0 Å². The van der Waals surface area contributed by atoms with Gasteiger partial charge in [0, 0.05) is 36.3 Å². The quantitative estimate of drug-likeness (QED) is 0.550. The first-order valence-electron chi connectivity index (χ1n) is 11.7. The van der Waals surface area contributed by atoms with Gasteiger partial charge in [0.2, 0.25) is 0 Å². The molecule has 0 saturated heterocycles. The van der Waals surface area contributed by atoms with Crippen molar-refractivity contribution in [2.24, 2.45) is 0 Å². The molecular formula is C26H31ClFN5. The molecule has 1 unspecified atom stereocenters. The Hall–Kier alpha value is -2.54. The standard InChI is InChI=1S/C26H31ClFN5/c1-16(2)32-11-8-18(9-12-32)19-4-6-21-22(14-19)24(10-13-33-26(21)17(3)30-31-33)29-25-15-20(27)5-7-23(25)28/h4-8,14-16,24,29-31H,9-13H2,1-3H3. The lowest BCUT2D eigenvalue weighted by molar-refractivity contribution is 0.245. The summed E-state index contributed by atoms with van der Waals surface area (Å²) in [7, 11) is 0. The topological polar surface area (TPSA) is 42.6 Å². The molecule has 3 aliphatic rings.